The SMILES string of the molecule is CC(C)NCc1ccccc1CN(C)Cc1ccco1. The summed E-state index contributed by atoms with van der Waals surface area (Å²) < 4.78 is 5.40. The molecule has 3 nitrogen and oxygen atoms in total. The molecule has 0 saturated heterocycles. The van der Waals surface area contributed by atoms with Gasteiger partial charge in [0.15, 0.2) is 0 Å². The average molecular weight is 272 g/mol. The van der Waals surface area contributed by atoms with Crippen LogP contribution in [0.4, 0.5) is 0 Å². The lowest BCUT2D eigenvalue weighted by atomic mass is 10.1. The van der Waals surface area contributed by atoms with Crippen LogP contribution in [0, 0.1) is 0 Å². The molecule has 1 heterocycles. The van der Waals surface area contributed by atoms with Crippen LogP contribution < -0.4 is 5.32 Å². The largest absolute Gasteiger partial charge is 0.468 e. The molecule has 0 unspecified atom stereocenters. The summed E-state index contributed by atoms with van der Waals surface area (Å²) in [7, 11) is 2.12. The number of hydrogen-bond donors (Lipinski definition) is 1. The standard InChI is InChI=1S/C17H24N2O/c1-14(2)18-11-15-7-4-5-8-16(15)12-19(3)13-17-9-6-10-20-17/h4-10,14,18H,11-13H2,1-3H3. The minimum atomic E-state index is 0.504. The summed E-state index contributed by atoms with van der Waals surface area (Å²) in [5.41, 5.74) is 2.74. The summed E-state index contributed by atoms with van der Waals surface area (Å²) in [4.78, 5) is 2.27. The molecule has 0 aliphatic heterocycles. The lowest BCUT2D eigenvalue weighted by molar-refractivity contribution is 0.287. The van der Waals surface area contributed by atoms with E-state index in [2.05, 4.69) is 55.4 Å². The maximum absolute atomic E-state index is 5.40. The molecule has 0 atom stereocenters. The van der Waals surface area contributed by atoms with Crippen LogP contribution in [0.1, 0.15) is 30.7 Å². The summed E-state index contributed by atoms with van der Waals surface area (Å²) in [6, 6.07) is 13.1. The van der Waals surface area contributed by atoms with Crippen molar-refractivity contribution in [2.45, 2.75) is 39.5 Å². The smallest absolute Gasteiger partial charge is 0.117 e. The topological polar surface area (TPSA) is 28.4 Å². The van der Waals surface area contributed by atoms with Crippen LogP contribution in [0.5, 0.6) is 0 Å². The number of nitrogens with zero attached hydrogens (tertiary/aromatic N) is 1. The molecular formula is C17H24N2O. The number of furan rings is 1. The van der Waals surface area contributed by atoms with Crippen molar-refractivity contribution in [2.75, 3.05) is 7.05 Å². The van der Waals surface area contributed by atoms with E-state index in [1.54, 1.807) is 6.26 Å². The van der Waals surface area contributed by atoms with Gasteiger partial charge in [0.05, 0.1) is 12.8 Å². The molecule has 1 aromatic heterocycles. The number of rotatable bonds is 7. The zero-order valence-electron chi connectivity index (χ0n) is 12.6. The molecule has 0 bridgehead atoms. The number of hydrogen-bond acceptors (Lipinski definition) is 3. The van der Waals surface area contributed by atoms with Crippen LogP contribution in [0.15, 0.2) is 47.1 Å². The van der Waals surface area contributed by atoms with Gasteiger partial charge >= 0.3 is 0 Å². The highest BCUT2D eigenvalue weighted by atomic mass is 16.3. The van der Waals surface area contributed by atoms with Crippen molar-refractivity contribution in [3.8, 4) is 0 Å². The third-order valence-electron chi connectivity index (χ3n) is 3.27. The summed E-state index contributed by atoms with van der Waals surface area (Å²) in [5.74, 6) is 1.00. The highest BCUT2D eigenvalue weighted by Gasteiger charge is 2.07. The van der Waals surface area contributed by atoms with Crippen molar-refractivity contribution in [1.29, 1.82) is 0 Å². The first-order valence-corrected chi connectivity index (χ1v) is 7.16. The third-order valence-corrected chi connectivity index (χ3v) is 3.27. The van der Waals surface area contributed by atoms with E-state index in [0.29, 0.717) is 6.04 Å². The van der Waals surface area contributed by atoms with E-state index in [1.807, 2.05) is 12.1 Å². The zero-order chi connectivity index (χ0) is 14.4. The molecule has 0 amide bonds. The predicted molar refractivity (Wildman–Crippen MR) is 82.3 cm³/mol. The molecule has 108 valence electrons. The zero-order valence-corrected chi connectivity index (χ0v) is 12.6. The van der Waals surface area contributed by atoms with E-state index in [0.717, 1.165) is 25.4 Å². The van der Waals surface area contributed by atoms with E-state index >= 15 is 0 Å². The molecule has 0 saturated carbocycles. The van der Waals surface area contributed by atoms with Crippen molar-refractivity contribution in [3.05, 3.63) is 59.5 Å². The lowest BCUT2D eigenvalue weighted by Crippen LogP contribution is -2.24. The summed E-state index contributed by atoms with van der Waals surface area (Å²) >= 11 is 0. The highest BCUT2D eigenvalue weighted by Crippen LogP contribution is 2.13. The van der Waals surface area contributed by atoms with Crippen molar-refractivity contribution in [3.63, 3.8) is 0 Å². The van der Waals surface area contributed by atoms with Gasteiger partial charge in [0.2, 0.25) is 0 Å². The van der Waals surface area contributed by atoms with Gasteiger partial charge < -0.3 is 9.73 Å². The Labute approximate surface area is 121 Å². The Bertz CT molecular complexity index is 505. The second-order valence-electron chi connectivity index (χ2n) is 5.56. The normalized spacial score (nSPS) is 11.4. The van der Waals surface area contributed by atoms with E-state index in [1.165, 1.54) is 11.1 Å². The van der Waals surface area contributed by atoms with Gasteiger partial charge in [-0.2, -0.15) is 0 Å². The Kier molecular flexibility index (Phi) is 5.39. The molecule has 1 N–H and O–H groups in total. The summed E-state index contributed by atoms with van der Waals surface area (Å²) in [5, 5.41) is 3.48. The molecule has 3 heteroatoms. The quantitative estimate of drug-likeness (QED) is 0.837. The molecule has 0 aliphatic rings. The second kappa shape index (κ2) is 7.27. The lowest BCUT2D eigenvalue weighted by Gasteiger charge is -2.18. The number of nitrogens with one attached hydrogen (secondary N) is 1. The maximum Gasteiger partial charge on any atom is 0.117 e. The van der Waals surface area contributed by atoms with Gasteiger partial charge in [0.1, 0.15) is 5.76 Å². The first-order chi connectivity index (χ1) is 9.65. The molecule has 1 aromatic carbocycles. The minimum Gasteiger partial charge on any atom is -0.468 e. The van der Waals surface area contributed by atoms with Crippen molar-refractivity contribution in [2.24, 2.45) is 0 Å². The third kappa shape index (κ3) is 4.51. The molecule has 0 radical (unpaired) electrons. The van der Waals surface area contributed by atoms with Crippen molar-refractivity contribution in [1.82, 2.24) is 10.2 Å². The van der Waals surface area contributed by atoms with Gasteiger partial charge in [-0.1, -0.05) is 38.1 Å². The van der Waals surface area contributed by atoms with Gasteiger partial charge in [-0.3, -0.25) is 4.90 Å². The number of benzene rings is 1. The summed E-state index contributed by atoms with van der Waals surface area (Å²) in [6.45, 7) is 7.02. The summed E-state index contributed by atoms with van der Waals surface area (Å²) in [6.07, 6.45) is 1.73. The van der Waals surface area contributed by atoms with Gasteiger partial charge in [0, 0.05) is 19.1 Å². The Morgan fingerprint density at radius 3 is 2.45 bits per heavy atom. The Hall–Kier alpha value is -1.58. The molecule has 0 spiro atoms. The van der Waals surface area contributed by atoms with Gasteiger partial charge in [-0.25, -0.2) is 0 Å². The monoisotopic (exact) mass is 272 g/mol. The molecular weight excluding hydrogens is 248 g/mol. The fraction of sp³-hybridized carbons (Fsp3) is 0.412. The van der Waals surface area contributed by atoms with Crippen molar-refractivity contribution >= 4 is 0 Å². The molecule has 0 fully saturated rings. The Morgan fingerprint density at radius 2 is 1.80 bits per heavy atom. The molecule has 0 aliphatic carbocycles. The first kappa shape index (κ1) is 14.8. The Morgan fingerprint density at radius 1 is 1.05 bits per heavy atom. The maximum atomic E-state index is 5.40. The van der Waals surface area contributed by atoms with Crippen LogP contribution in [0.3, 0.4) is 0 Å². The molecule has 20 heavy (non-hydrogen) atoms. The second-order valence-corrected chi connectivity index (χ2v) is 5.56. The van der Waals surface area contributed by atoms with Gasteiger partial charge in [0.25, 0.3) is 0 Å². The van der Waals surface area contributed by atoms with Crippen LogP contribution in [-0.2, 0) is 19.6 Å². The van der Waals surface area contributed by atoms with Gasteiger partial charge in [-0.15, -0.1) is 0 Å². The van der Waals surface area contributed by atoms with Crippen LogP contribution >= 0.6 is 0 Å². The van der Waals surface area contributed by atoms with E-state index < -0.39 is 0 Å². The van der Waals surface area contributed by atoms with E-state index in [-0.39, 0.29) is 0 Å². The van der Waals surface area contributed by atoms with Gasteiger partial charge in [-0.05, 0) is 30.3 Å². The highest BCUT2D eigenvalue weighted by molar-refractivity contribution is 5.27. The molecule has 2 aromatic rings. The van der Waals surface area contributed by atoms with E-state index in [9.17, 15) is 0 Å². The fourth-order valence-corrected chi connectivity index (χ4v) is 2.21. The average Bonchev–Trinajstić information content (AvgIpc) is 2.90. The molecule has 2 rings (SSSR count). The van der Waals surface area contributed by atoms with Crippen LogP contribution in [0.25, 0.3) is 0 Å². The van der Waals surface area contributed by atoms with Crippen molar-refractivity contribution < 1.29 is 4.42 Å². The Balaban J connectivity index is 1.97. The van der Waals surface area contributed by atoms with Crippen LogP contribution in [-0.4, -0.2) is 18.0 Å². The predicted octanol–water partition coefficient (Wildman–Crippen LogP) is 3.41. The minimum absolute atomic E-state index is 0.504. The fourth-order valence-electron chi connectivity index (χ4n) is 2.21. The van der Waals surface area contributed by atoms with Crippen LogP contribution in [0.2, 0.25) is 0 Å². The first-order valence-electron chi connectivity index (χ1n) is 7.16. The van der Waals surface area contributed by atoms with E-state index in [4.69, 9.17) is 4.42 Å².